The molecule has 0 aliphatic rings. The van der Waals surface area contributed by atoms with Crippen LogP contribution in [0.1, 0.15) is 54.9 Å². The van der Waals surface area contributed by atoms with E-state index in [4.69, 9.17) is 0 Å². The summed E-state index contributed by atoms with van der Waals surface area (Å²) in [5, 5.41) is 16.9. The van der Waals surface area contributed by atoms with E-state index in [9.17, 15) is 0 Å². The van der Waals surface area contributed by atoms with Gasteiger partial charge in [0.05, 0.1) is 0 Å². The zero-order chi connectivity index (χ0) is 15.4. The topological polar surface area (TPSA) is 56.4 Å². The minimum absolute atomic E-state index is 0. The monoisotopic (exact) mass is 329 g/mol. The molecule has 0 aliphatic heterocycles. The van der Waals surface area contributed by atoms with E-state index in [0.717, 1.165) is 6.42 Å². The van der Waals surface area contributed by atoms with Crippen LogP contribution in [-0.4, -0.2) is 44.4 Å². The smallest absolute Gasteiger partial charge is 0 e. The van der Waals surface area contributed by atoms with Crippen LogP contribution in [0.2, 0.25) is 0 Å². The van der Waals surface area contributed by atoms with Crippen molar-refractivity contribution in [3.05, 3.63) is 21.3 Å². The summed E-state index contributed by atoms with van der Waals surface area (Å²) in [6.07, 6.45) is 1.24. The van der Waals surface area contributed by atoms with Gasteiger partial charge in [0.1, 0.15) is 0 Å². The summed E-state index contributed by atoms with van der Waals surface area (Å²) in [6, 6.07) is 1.72. The molecule has 0 fully saturated rings. The second-order valence-corrected chi connectivity index (χ2v) is 5.57. The van der Waals surface area contributed by atoms with Crippen LogP contribution in [0.4, 0.5) is 0 Å². The van der Waals surface area contributed by atoms with Crippen LogP contribution in [0, 0.1) is 0 Å². The third kappa shape index (κ3) is 20.7. The van der Waals surface area contributed by atoms with Crippen LogP contribution in [0.5, 0.6) is 0 Å². The predicted molar refractivity (Wildman–Crippen MR) is 88.6 cm³/mol. The number of rotatable bonds is 8. The van der Waals surface area contributed by atoms with E-state index in [1.807, 2.05) is 21.0 Å². The van der Waals surface area contributed by atoms with Crippen molar-refractivity contribution < 1.29 is 16.8 Å². The van der Waals surface area contributed by atoms with Gasteiger partial charge in [-0.15, -0.1) is 31.1 Å². The molecular formula is C15H34CoN4-4. The molecule has 1 radical (unpaired) electrons. The summed E-state index contributed by atoms with van der Waals surface area (Å²) in [7, 11) is 3.71. The molecule has 0 amide bonds. The Morgan fingerprint density at radius 3 is 1.15 bits per heavy atom. The molecular weight excluding hydrogens is 295 g/mol. The molecule has 0 heterocycles. The molecule has 0 aromatic rings. The van der Waals surface area contributed by atoms with Crippen molar-refractivity contribution in [1.82, 2.24) is 0 Å². The SMILES string of the molecule is CC(C)[N-]C(C)[N-]C(C)C.C[N-]C(C)CC(C)[N-]C.[Co]. The number of nitrogens with zero attached hydrogens (tertiary/aromatic N) is 4. The summed E-state index contributed by atoms with van der Waals surface area (Å²) >= 11 is 0. The van der Waals surface area contributed by atoms with E-state index in [-0.39, 0.29) is 22.9 Å². The van der Waals surface area contributed by atoms with Gasteiger partial charge in [0, 0.05) is 16.8 Å². The largest absolute Gasteiger partial charge is 0.676 e. The molecule has 5 heteroatoms. The van der Waals surface area contributed by atoms with Gasteiger partial charge in [0.15, 0.2) is 0 Å². The van der Waals surface area contributed by atoms with Crippen LogP contribution >= 0.6 is 0 Å². The average Bonchev–Trinajstić information content (AvgIpc) is 2.27. The van der Waals surface area contributed by atoms with Crippen molar-refractivity contribution in [1.29, 1.82) is 0 Å². The van der Waals surface area contributed by atoms with Crippen LogP contribution in [0.3, 0.4) is 0 Å². The molecule has 0 spiro atoms. The molecule has 20 heavy (non-hydrogen) atoms. The van der Waals surface area contributed by atoms with Gasteiger partial charge in [0.2, 0.25) is 0 Å². The Hall–Kier alpha value is 0.346. The third-order valence-electron chi connectivity index (χ3n) is 2.59. The minimum atomic E-state index is 0. The third-order valence-corrected chi connectivity index (χ3v) is 2.59. The summed E-state index contributed by atoms with van der Waals surface area (Å²) in [6.45, 7) is 14.6. The molecule has 0 saturated heterocycles. The van der Waals surface area contributed by atoms with Crippen molar-refractivity contribution in [2.24, 2.45) is 0 Å². The fraction of sp³-hybridized carbons (Fsp3) is 1.00. The van der Waals surface area contributed by atoms with Gasteiger partial charge in [-0.1, -0.05) is 48.0 Å². The summed E-state index contributed by atoms with van der Waals surface area (Å²) in [5.41, 5.74) is 0. The molecule has 0 rings (SSSR count). The fourth-order valence-corrected chi connectivity index (χ4v) is 1.61. The quantitative estimate of drug-likeness (QED) is 0.598. The van der Waals surface area contributed by atoms with Gasteiger partial charge in [-0.3, -0.25) is 0 Å². The first-order valence-electron chi connectivity index (χ1n) is 7.30. The Labute approximate surface area is 137 Å². The minimum Gasteiger partial charge on any atom is -0.676 e. The van der Waals surface area contributed by atoms with E-state index in [1.54, 1.807) is 0 Å². The normalized spacial score (nSPS) is 13.8. The molecule has 0 aromatic heterocycles. The number of hydrogen-bond donors (Lipinski definition) is 0. The molecule has 0 N–H and O–H groups in total. The molecule has 2 unspecified atom stereocenters. The zero-order valence-corrected chi connectivity index (χ0v) is 15.8. The van der Waals surface area contributed by atoms with Crippen molar-refractivity contribution in [3.8, 4) is 0 Å². The molecule has 0 saturated carbocycles. The second kappa shape index (κ2) is 15.7. The van der Waals surface area contributed by atoms with Gasteiger partial charge < -0.3 is 21.3 Å². The summed E-state index contributed by atoms with van der Waals surface area (Å²) in [4.78, 5) is 0. The second-order valence-electron chi connectivity index (χ2n) is 5.57. The van der Waals surface area contributed by atoms with Gasteiger partial charge in [-0.25, -0.2) is 6.17 Å². The molecule has 2 atom stereocenters. The maximum atomic E-state index is 4.35. The Morgan fingerprint density at radius 1 is 0.650 bits per heavy atom. The molecule has 0 aromatic carbocycles. The van der Waals surface area contributed by atoms with Crippen molar-refractivity contribution in [3.63, 3.8) is 0 Å². The first-order valence-corrected chi connectivity index (χ1v) is 7.30. The van der Waals surface area contributed by atoms with Crippen LogP contribution in [0.25, 0.3) is 21.3 Å². The first kappa shape index (κ1) is 25.3. The molecule has 0 bridgehead atoms. The predicted octanol–water partition coefficient (Wildman–Crippen LogP) is 5.05. The Morgan fingerprint density at radius 2 is 0.950 bits per heavy atom. The Balaban J connectivity index is -0.000000277. The molecule has 127 valence electrons. The van der Waals surface area contributed by atoms with Crippen LogP contribution in [0.15, 0.2) is 0 Å². The van der Waals surface area contributed by atoms with Gasteiger partial charge in [-0.2, -0.15) is 14.1 Å². The summed E-state index contributed by atoms with van der Waals surface area (Å²) in [5.74, 6) is 0. The molecule has 0 aliphatic carbocycles. The standard InChI is InChI=1S/C8H18N2.C7H16N2.Co/c1-6(2)9-8(5)10-7(3)4;1-6(8-3)5-7(2)9-4;/h6-8H,1-5H3;6-7H,5H2,1-4H3;/q2*-2;. The van der Waals surface area contributed by atoms with E-state index < -0.39 is 0 Å². The van der Waals surface area contributed by atoms with Gasteiger partial charge in [-0.05, 0) is 0 Å². The first-order chi connectivity index (χ1) is 8.72. The van der Waals surface area contributed by atoms with Crippen molar-refractivity contribution in [2.45, 2.75) is 85.2 Å². The maximum absolute atomic E-state index is 4.35. The van der Waals surface area contributed by atoms with E-state index >= 15 is 0 Å². The van der Waals surface area contributed by atoms with E-state index in [0.29, 0.717) is 24.2 Å². The molecule has 4 nitrogen and oxygen atoms in total. The fourth-order valence-electron chi connectivity index (χ4n) is 1.61. The maximum Gasteiger partial charge on any atom is 0 e. The Bertz CT molecular complexity index is 171. The number of hydrogen-bond acceptors (Lipinski definition) is 0. The van der Waals surface area contributed by atoms with Gasteiger partial charge in [0.25, 0.3) is 0 Å². The van der Waals surface area contributed by atoms with Gasteiger partial charge >= 0.3 is 0 Å². The Kier molecular flexibility index (Phi) is 19.9. The van der Waals surface area contributed by atoms with Crippen LogP contribution < -0.4 is 0 Å². The zero-order valence-electron chi connectivity index (χ0n) is 14.7. The van der Waals surface area contributed by atoms with Crippen molar-refractivity contribution >= 4 is 0 Å². The average molecular weight is 329 g/mol. The van der Waals surface area contributed by atoms with Crippen molar-refractivity contribution in [2.75, 3.05) is 14.1 Å². The summed E-state index contributed by atoms with van der Waals surface area (Å²) < 4.78 is 0. The van der Waals surface area contributed by atoms with E-state index in [1.165, 1.54) is 0 Å². The van der Waals surface area contributed by atoms with E-state index in [2.05, 4.69) is 62.8 Å². The van der Waals surface area contributed by atoms with Crippen LogP contribution in [-0.2, 0) is 16.8 Å².